The van der Waals surface area contributed by atoms with E-state index in [-0.39, 0.29) is 5.91 Å². The Bertz CT molecular complexity index is 2100. The number of carbonyl (C=O) groups excluding carboxylic acids is 1. The molecule has 11 heteroatoms. The number of anilines is 2. The molecule has 2 aromatic heterocycles. The molecule has 49 heavy (non-hydrogen) atoms. The molecule has 3 aromatic carbocycles. The third-order valence-corrected chi connectivity index (χ3v) is 13.5. The van der Waals surface area contributed by atoms with Crippen molar-refractivity contribution in [2.24, 2.45) is 0 Å². The van der Waals surface area contributed by atoms with Gasteiger partial charge in [-0.2, -0.15) is 0 Å². The fraction of sp³-hybridized carbons (Fsp3) is 0.316. The molecule has 254 valence electrons. The molecule has 0 spiro atoms. The lowest BCUT2D eigenvalue weighted by atomic mass is 9.92. The maximum atomic E-state index is 13.5. The molecule has 0 aliphatic carbocycles. The van der Waals surface area contributed by atoms with Crippen molar-refractivity contribution in [3.8, 4) is 22.3 Å². The molecular weight excluding hydrogens is 653 g/mol. The zero-order valence-electron chi connectivity index (χ0n) is 28.2. The van der Waals surface area contributed by atoms with Gasteiger partial charge in [-0.15, -0.1) is 11.8 Å². The van der Waals surface area contributed by atoms with Crippen molar-refractivity contribution in [1.82, 2.24) is 19.8 Å². The second-order valence-corrected chi connectivity index (χ2v) is 16.5. The molecule has 1 atom stereocenters. The highest BCUT2D eigenvalue weighted by molar-refractivity contribution is 8.15. The molecule has 5 aromatic rings. The Labute approximate surface area is 292 Å². The predicted molar refractivity (Wildman–Crippen MR) is 204 cm³/mol. The van der Waals surface area contributed by atoms with Crippen LogP contribution >= 0.6 is 11.8 Å². The summed E-state index contributed by atoms with van der Waals surface area (Å²) in [5.74, 6) is 0.110. The summed E-state index contributed by atoms with van der Waals surface area (Å²) < 4.78 is 27.8. The molecule has 9 nitrogen and oxygen atoms in total. The number of thioether (sulfide) groups is 1. The molecule has 1 fully saturated rings. The molecule has 2 aliphatic rings. The third-order valence-electron chi connectivity index (χ3n) is 9.80. The van der Waals surface area contributed by atoms with Crippen molar-refractivity contribution < 1.29 is 13.2 Å². The second kappa shape index (κ2) is 14.0. The number of aromatic amines is 1. The zero-order chi connectivity index (χ0) is 34.1. The van der Waals surface area contributed by atoms with Crippen LogP contribution in [0, 0.1) is 0 Å². The monoisotopic (exact) mass is 694 g/mol. The lowest BCUT2D eigenvalue weighted by Crippen LogP contribution is -2.44. The highest BCUT2D eigenvalue weighted by Crippen LogP contribution is 2.42. The minimum absolute atomic E-state index is 0.110. The highest BCUT2D eigenvalue weighted by Gasteiger charge is 2.31. The van der Waals surface area contributed by atoms with Crippen molar-refractivity contribution in [2.45, 2.75) is 23.8 Å². The summed E-state index contributed by atoms with van der Waals surface area (Å²) in [4.78, 5) is 28.0. The smallest absolute Gasteiger partial charge is 0.247 e. The van der Waals surface area contributed by atoms with Crippen LogP contribution in [0.25, 0.3) is 44.2 Å². The summed E-state index contributed by atoms with van der Waals surface area (Å²) in [5.41, 5.74) is 7.03. The molecule has 7 rings (SSSR count). The van der Waals surface area contributed by atoms with Gasteiger partial charge in [-0.1, -0.05) is 48.5 Å². The van der Waals surface area contributed by atoms with Gasteiger partial charge >= 0.3 is 0 Å². The van der Waals surface area contributed by atoms with Crippen molar-refractivity contribution in [1.29, 1.82) is 0 Å². The number of piperazine rings is 1. The van der Waals surface area contributed by atoms with Gasteiger partial charge in [0.1, 0.15) is 10.2 Å². The van der Waals surface area contributed by atoms with E-state index in [1.807, 2.05) is 85.4 Å². The average Bonchev–Trinajstić information content (AvgIpc) is 3.81. The largest absolute Gasteiger partial charge is 0.339 e. The van der Waals surface area contributed by atoms with E-state index in [0.717, 1.165) is 89.0 Å². The van der Waals surface area contributed by atoms with Crippen LogP contribution in [0.15, 0.2) is 90.5 Å². The second-order valence-electron chi connectivity index (χ2n) is 12.9. The number of rotatable bonds is 10. The van der Waals surface area contributed by atoms with E-state index in [1.165, 1.54) is 16.1 Å². The van der Waals surface area contributed by atoms with Gasteiger partial charge in [0.2, 0.25) is 15.9 Å². The number of amides is 1. The maximum Gasteiger partial charge on any atom is 0.247 e. The van der Waals surface area contributed by atoms with Gasteiger partial charge in [0, 0.05) is 86.0 Å². The van der Waals surface area contributed by atoms with Gasteiger partial charge in [0.15, 0.2) is 0 Å². The number of aromatic nitrogens is 2. The van der Waals surface area contributed by atoms with Crippen LogP contribution in [-0.4, -0.2) is 92.5 Å². The molecule has 1 amide bonds. The lowest BCUT2D eigenvalue weighted by molar-refractivity contribution is -0.118. The molecule has 0 bridgehead atoms. The number of benzene rings is 3. The average molecular weight is 695 g/mol. The normalized spacial score (nSPS) is 17.2. The molecule has 4 heterocycles. The van der Waals surface area contributed by atoms with Crippen molar-refractivity contribution in [3.63, 3.8) is 0 Å². The van der Waals surface area contributed by atoms with Crippen LogP contribution in [0.4, 0.5) is 11.4 Å². The molecule has 1 unspecified atom stereocenters. The van der Waals surface area contributed by atoms with Crippen LogP contribution in [0.5, 0.6) is 0 Å². The number of carbonyl (C=O) groups is 1. The number of nitrogens with one attached hydrogen (secondary N) is 1. The van der Waals surface area contributed by atoms with Crippen LogP contribution in [0.3, 0.4) is 0 Å². The first-order chi connectivity index (χ1) is 23.7. The van der Waals surface area contributed by atoms with E-state index in [4.69, 9.17) is 4.98 Å². The van der Waals surface area contributed by atoms with Gasteiger partial charge in [-0.05, 0) is 73.3 Å². The molecule has 2 aliphatic heterocycles. The predicted octanol–water partition coefficient (Wildman–Crippen LogP) is 6.78. The number of sulfonamides is 1. The molecule has 0 radical (unpaired) electrons. The van der Waals surface area contributed by atoms with E-state index in [9.17, 15) is 13.2 Å². The minimum atomic E-state index is -3.56. The number of fused-ring (bicyclic) bond motifs is 3. The Morgan fingerprint density at radius 2 is 1.69 bits per heavy atom. The molecule has 1 saturated heterocycles. The lowest BCUT2D eigenvalue weighted by Gasteiger charge is -2.32. The van der Waals surface area contributed by atoms with Gasteiger partial charge in [0.05, 0.1) is 5.69 Å². The summed E-state index contributed by atoms with van der Waals surface area (Å²) >= 11 is 1.34. The summed E-state index contributed by atoms with van der Waals surface area (Å²) in [6.07, 6.45) is 5.66. The summed E-state index contributed by atoms with van der Waals surface area (Å²) in [7, 11) is 2.06. The first-order valence-corrected chi connectivity index (χ1v) is 19.2. The summed E-state index contributed by atoms with van der Waals surface area (Å²) in [6.45, 7) is 5.22. The van der Waals surface area contributed by atoms with Crippen molar-refractivity contribution in [3.05, 3.63) is 90.5 Å². The van der Waals surface area contributed by atoms with Crippen LogP contribution in [-0.2, 0) is 14.8 Å². The Morgan fingerprint density at radius 3 is 2.41 bits per heavy atom. The standard InChI is InChI=1S/C38H42N6O3S2/c1-41-20-22-44(23-21-41)19-7-11-34(45)42(2)29-15-13-27(14-16-29)32-26-39-38-37(36(32)28-9-5-4-6-10-28)31-25-30(17-18-33(31)40-38)43(3)49(46,47)35-12-8-24-48-35/h4-6,8-10,13-18,24-26,35H,7,11-12,19-23H2,1-3H3,(H,39,40). The fourth-order valence-corrected chi connectivity index (χ4v) is 9.62. The summed E-state index contributed by atoms with van der Waals surface area (Å²) in [5, 5.41) is 3.69. The summed E-state index contributed by atoms with van der Waals surface area (Å²) in [6, 6.07) is 24.0. The van der Waals surface area contributed by atoms with Gasteiger partial charge in [0.25, 0.3) is 0 Å². The molecule has 0 saturated carbocycles. The first-order valence-electron chi connectivity index (χ1n) is 16.8. The van der Waals surface area contributed by atoms with Crippen molar-refractivity contribution >= 4 is 61.0 Å². The Kier molecular flexibility index (Phi) is 9.52. The van der Waals surface area contributed by atoms with E-state index in [2.05, 4.69) is 34.0 Å². The number of nitrogens with zero attached hydrogens (tertiary/aromatic N) is 5. The van der Waals surface area contributed by atoms with Crippen LogP contribution in [0.1, 0.15) is 19.3 Å². The molecular formula is C38H42N6O3S2. The fourth-order valence-electron chi connectivity index (χ4n) is 6.75. The third kappa shape index (κ3) is 6.72. The molecule has 1 N–H and O–H groups in total. The van der Waals surface area contributed by atoms with E-state index in [0.29, 0.717) is 18.5 Å². The van der Waals surface area contributed by atoms with Gasteiger partial charge < -0.3 is 19.7 Å². The number of pyridine rings is 1. The van der Waals surface area contributed by atoms with Gasteiger partial charge in [-0.3, -0.25) is 9.10 Å². The zero-order valence-corrected chi connectivity index (χ0v) is 29.8. The van der Waals surface area contributed by atoms with Gasteiger partial charge in [-0.25, -0.2) is 13.4 Å². The Morgan fingerprint density at radius 1 is 0.959 bits per heavy atom. The van der Waals surface area contributed by atoms with E-state index in [1.54, 1.807) is 11.9 Å². The van der Waals surface area contributed by atoms with E-state index >= 15 is 0 Å². The minimum Gasteiger partial charge on any atom is -0.339 e. The van der Waals surface area contributed by atoms with E-state index < -0.39 is 14.6 Å². The van der Waals surface area contributed by atoms with Crippen LogP contribution in [0.2, 0.25) is 0 Å². The number of H-pyrrole nitrogens is 1. The quantitative estimate of drug-likeness (QED) is 0.172. The highest BCUT2D eigenvalue weighted by atomic mass is 32.3. The number of hydrogen-bond donors (Lipinski definition) is 1. The Balaban J connectivity index is 1.20. The number of likely N-dealkylation sites (N-methyl/N-ethyl adjacent to an activating group) is 1. The SMILES string of the molecule is CN1CCN(CCCC(=O)N(C)c2ccc(-c3cnc4[nH]c5ccc(N(C)S(=O)(=O)C6CC=CS6)cc5c4c3-c3ccccc3)cc2)CC1. The topological polar surface area (TPSA) is 92.8 Å². The maximum absolute atomic E-state index is 13.5. The van der Waals surface area contributed by atoms with Crippen molar-refractivity contribution in [2.75, 3.05) is 63.1 Å². The number of allylic oxidation sites excluding steroid dienone is 1. The Hall–Kier alpha value is -4.16. The first kappa shape index (κ1) is 33.3. The van der Waals surface area contributed by atoms with Crippen LogP contribution < -0.4 is 9.21 Å². The number of hydrogen-bond acceptors (Lipinski definition) is 7.